The Morgan fingerprint density at radius 2 is 1.77 bits per heavy atom. The molecule has 4 rings (SSSR count). The molecule has 1 N–H and O–H groups in total. The first-order chi connectivity index (χ1) is 12.5. The van der Waals surface area contributed by atoms with Gasteiger partial charge in [-0.1, -0.05) is 43.9 Å². The van der Waals surface area contributed by atoms with Crippen LogP contribution < -0.4 is 4.31 Å². The minimum atomic E-state index is -3.57. The van der Waals surface area contributed by atoms with E-state index in [4.69, 9.17) is 0 Å². The molecule has 3 fully saturated rings. The van der Waals surface area contributed by atoms with Crippen molar-refractivity contribution in [3.8, 4) is 0 Å². The zero-order valence-electron chi connectivity index (χ0n) is 15.4. The fourth-order valence-electron chi connectivity index (χ4n) is 5.09. The summed E-state index contributed by atoms with van der Waals surface area (Å²) in [6.07, 6.45) is 7.49. The molecule has 1 saturated carbocycles. The second-order valence-corrected chi connectivity index (χ2v) is 10.5. The van der Waals surface area contributed by atoms with Gasteiger partial charge in [-0.3, -0.25) is 4.31 Å². The van der Waals surface area contributed by atoms with Gasteiger partial charge < -0.3 is 10.0 Å². The van der Waals surface area contributed by atoms with Crippen molar-refractivity contribution in [1.29, 1.82) is 0 Å². The summed E-state index contributed by atoms with van der Waals surface area (Å²) in [6, 6.07) is 9.18. The van der Waals surface area contributed by atoms with Crippen LogP contribution in [0.2, 0.25) is 0 Å². The molecule has 1 aromatic rings. The zero-order chi connectivity index (χ0) is 18.2. The van der Waals surface area contributed by atoms with Gasteiger partial charge >= 0.3 is 0 Å². The Morgan fingerprint density at radius 3 is 2.46 bits per heavy atom. The predicted octanol–water partition coefficient (Wildman–Crippen LogP) is 2.61. The van der Waals surface area contributed by atoms with Crippen molar-refractivity contribution in [3.63, 3.8) is 0 Å². The molecule has 2 aliphatic heterocycles. The van der Waals surface area contributed by atoms with E-state index in [2.05, 4.69) is 4.90 Å². The maximum Gasteiger partial charge on any atom is 0.244 e. The molecule has 1 aromatic carbocycles. The first-order valence-electron chi connectivity index (χ1n) is 10.0. The Labute approximate surface area is 157 Å². The van der Waals surface area contributed by atoms with E-state index in [9.17, 15) is 13.5 Å². The summed E-state index contributed by atoms with van der Waals surface area (Å²) < 4.78 is 27.1. The standard InChI is InChI=1S/C20H30N2O3S/c23-19-15-22(18-10-6-3-7-11-18)26(24,25)20(19)12-13-21(16-20)14-17-8-4-1-2-5-9-17/h3,6-7,10-11,17,19,23H,1-2,4-5,8-9,12-16H2/t19-,20+/m0/s1. The molecule has 0 bridgehead atoms. The van der Waals surface area contributed by atoms with Gasteiger partial charge in [0.1, 0.15) is 4.75 Å². The third-order valence-electron chi connectivity index (χ3n) is 6.63. The van der Waals surface area contributed by atoms with E-state index in [1.165, 1.54) is 42.8 Å². The Hall–Kier alpha value is -1.11. The smallest absolute Gasteiger partial charge is 0.244 e. The van der Waals surface area contributed by atoms with E-state index in [0.717, 1.165) is 13.1 Å². The summed E-state index contributed by atoms with van der Waals surface area (Å²) >= 11 is 0. The summed E-state index contributed by atoms with van der Waals surface area (Å²) in [5.41, 5.74) is 0.658. The molecule has 2 saturated heterocycles. The van der Waals surface area contributed by atoms with E-state index >= 15 is 0 Å². The summed E-state index contributed by atoms with van der Waals surface area (Å²) in [6.45, 7) is 2.39. The number of hydrogen-bond acceptors (Lipinski definition) is 4. The van der Waals surface area contributed by atoms with Crippen LogP contribution in [0.25, 0.3) is 0 Å². The zero-order valence-corrected chi connectivity index (χ0v) is 16.2. The van der Waals surface area contributed by atoms with Crippen LogP contribution in [0.15, 0.2) is 30.3 Å². The van der Waals surface area contributed by atoms with Crippen LogP contribution in [0, 0.1) is 5.92 Å². The fraction of sp³-hybridized carbons (Fsp3) is 0.700. The van der Waals surface area contributed by atoms with Crippen molar-refractivity contribution in [2.75, 3.05) is 30.5 Å². The van der Waals surface area contributed by atoms with Crippen LogP contribution in [0.4, 0.5) is 5.69 Å². The van der Waals surface area contributed by atoms with Gasteiger partial charge in [-0.25, -0.2) is 8.42 Å². The Morgan fingerprint density at radius 1 is 1.08 bits per heavy atom. The van der Waals surface area contributed by atoms with E-state index in [1.807, 2.05) is 30.3 Å². The molecule has 1 spiro atoms. The SMILES string of the molecule is O=S1(=O)N(c2ccccc2)C[C@H](O)[C@]12CCN(CC1CCCCCC1)C2. The predicted molar refractivity (Wildman–Crippen MR) is 104 cm³/mol. The van der Waals surface area contributed by atoms with E-state index in [-0.39, 0.29) is 6.54 Å². The number of sulfonamides is 1. The normalized spacial score (nSPS) is 33.0. The topological polar surface area (TPSA) is 60.9 Å². The molecule has 5 nitrogen and oxygen atoms in total. The number of nitrogens with zero attached hydrogens (tertiary/aromatic N) is 2. The molecule has 26 heavy (non-hydrogen) atoms. The molecule has 144 valence electrons. The highest BCUT2D eigenvalue weighted by Gasteiger charge is 2.61. The Kier molecular flexibility index (Phi) is 5.01. The quantitative estimate of drug-likeness (QED) is 0.822. The van der Waals surface area contributed by atoms with Crippen LogP contribution in [-0.4, -0.2) is 55.5 Å². The van der Waals surface area contributed by atoms with Gasteiger partial charge in [0, 0.05) is 13.1 Å². The number of hydrogen-bond donors (Lipinski definition) is 1. The third-order valence-corrected chi connectivity index (χ3v) is 9.20. The molecule has 6 heteroatoms. The van der Waals surface area contributed by atoms with Crippen LogP contribution in [0.3, 0.4) is 0 Å². The number of para-hydroxylation sites is 1. The molecular formula is C20H30N2O3S. The van der Waals surface area contributed by atoms with E-state index < -0.39 is 20.9 Å². The molecule has 0 unspecified atom stereocenters. The first kappa shape index (κ1) is 18.3. The van der Waals surface area contributed by atoms with Crippen molar-refractivity contribution in [1.82, 2.24) is 4.90 Å². The number of rotatable bonds is 3. The van der Waals surface area contributed by atoms with E-state index in [1.54, 1.807) is 0 Å². The van der Waals surface area contributed by atoms with Gasteiger partial charge in [-0.2, -0.15) is 0 Å². The van der Waals surface area contributed by atoms with Gasteiger partial charge in [-0.05, 0) is 43.9 Å². The molecule has 0 amide bonds. The molecule has 2 atom stereocenters. The lowest BCUT2D eigenvalue weighted by Gasteiger charge is -2.28. The lowest BCUT2D eigenvalue weighted by atomic mass is 9.99. The van der Waals surface area contributed by atoms with Crippen molar-refractivity contribution in [2.24, 2.45) is 5.92 Å². The van der Waals surface area contributed by atoms with E-state index in [0.29, 0.717) is 24.6 Å². The number of benzene rings is 1. The average Bonchev–Trinajstić information content (AvgIpc) is 3.01. The maximum atomic E-state index is 13.4. The Balaban J connectivity index is 1.51. The highest BCUT2D eigenvalue weighted by molar-refractivity contribution is 7.94. The monoisotopic (exact) mass is 378 g/mol. The highest BCUT2D eigenvalue weighted by Crippen LogP contribution is 2.43. The number of anilines is 1. The molecular weight excluding hydrogens is 348 g/mol. The fourth-order valence-corrected chi connectivity index (χ4v) is 7.37. The van der Waals surface area contributed by atoms with Crippen molar-refractivity contribution < 1.29 is 13.5 Å². The molecule has 3 aliphatic rings. The van der Waals surface area contributed by atoms with Crippen molar-refractivity contribution in [3.05, 3.63) is 30.3 Å². The van der Waals surface area contributed by atoms with Gasteiger partial charge in [0.2, 0.25) is 10.0 Å². The average molecular weight is 379 g/mol. The highest BCUT2D eigenvalue weighted by atomic mass is 32.2. The Bertz CT molecular complexity index is 716. The largest absolute Gasteiger partial charge is 0.389 e. The first-order valence-corrected chi connectivity index (χ1v) is 11.4. The van der Waals surface area contributed by atoms with Crippen LogP contribution in [-0.2, 0) is 10.0 Å². The third kappa shape index (κ3) is 3.06. The summed E-state index contributed by atoms with van der Waals surface area (Å²) in [7, 11) is -3.57. The van der Waals surface area contributed by atoms with Crippen LogP contribution in [0.1, 0.15) is 44.9 Å². The molecule has 1 aliphatic carbocycles. The summed E-state index contributed by atoms with van der Waals surface area (Å²) in [5, 5.41) is 10.8. The lowest BCUT2D eigenvalue weighted by molar-refractivity contribution is 0.141. The van der Waals surface area contributed by atoms with Crippen molar-refractivity contribution in [2.45, 2.75) is 55.8 Å². The molecule has 0 radical (unpaired) electrons. The number of β-amino-alcohol motifs (C(OH)–C–C–N with tert-alkyl or cyclic N) is 1. The van der Waals surface area contributed by atoms with Crippen LogP contribution in [0.5, 0.6) is 0 Å². The lowest BCUT2D eigenvalue weighted by Crippen LogP contribution is -2.48. The van der Waals surface area contributed by atoms with Gasteiger partial charge in [-0.15, -0.1) is 0 Å². The maximum absolute atomic E-state index is 13.4. The number of likely N-dealkylation sites (tertiary alicyclic amines) is 1. The molecule has 0 aromatic heterocycles. The van der Waals surface area contributed by atoms with Crippen molar-refractivity contribution >= 4 is 15.7 Å². The molecule has 2 heterocycles. The number of aliphatic hydroxyl groups is 1. The summed E-state index contributed by atoms with van der Waals surface area (Å²) in [4.78, 5) is 2.30. The summed E-state index contributed by atoms with van der Waals surface area (Å²) in [5.74, 6) is 0.680. The van der Waals surface area contributed by atoms with Gasteiger partial charge in [0.25, 0.3) is 0 Å². The minimum Gasteiger partial charge on any atom is -0.389 e. The second kappa shape index (κ2) is 7.13. The van der Waals surface area contributed by atoms with Crippen LogP contribution >= 0.6 is 0 Å². The number of aliphatic hydroxyl groups excluding tert-OH is 1. The van der Waals surface area contributed by atoms with Gasteiger partial charge in [0.05, 0.1) is 18.3 Å². The van der Waals surface area contributed by atoms with Gasteiger partial charge in [0.15, 0.2) is 0 Å². The second-order valence-electron chi connectivity index (χ2n) is 8.29. The minimum absolute atomic E-state index is 0.170.